The van der Waals surface area contributed by atoms with Crippen molar-refractivity contribution in [2.75, 3.05) is 5.32 Å². The summed E-state index contributed by atoms with van der Waals surface area (Å²) < 4.78 is 13.6. The normalized spacial score (nSPS) is 21.1. The fraction of sp³-hybridized carbons (Fsp3) is 0.438. The van der Waals surface area contributed by atoms with E-state index in [0.717, 1.165) is 25.7 Å². The third kappa shape index (κ3) is 3.49. The lowest BCUT2D eigenvalue weighted by atomic mass is 9.82. The van der Waals surface area contributed by atoms with Crippen molar-refractivity contribution in [1.82, 2.24) is 15.2 Å². The highest BCUT2D eigenvalue weighted by molar-refractivity contribution is 5.96. The van der Waals surface area contributed by atoms with E-state index in [1.165, 1.54) is 18.2 Å². The Kier molecular flexibility index (Phi) is 4.27. The van der Waals surface area contributed by atoms with Gasteiger partial charge in [0.2, 0.25) is 5.91 Å². The van der Waals surface area contributed by atoms with Crippen LogP contribution in [0.1, 0.15) is 32.6 Å². The number of hydrogen-bond acceptors (Lipinski definition) is 3. The van der Waals surface area contributed by atoms with Gasteiger partial charge in [0.25, 0.3) is 0 Å². The highest BCUT2D eigenvalue weighted by Crippen LogP contribution is 2.31. The zero-order valence-electron chi connectivity index (χ0n) is 12.9. The van der Waals surface area contributed by atoms with Gasteiger partial charge >= 0.3 is 5.69 Å². The zero-order valence-corrected chi connectivity index (χ0v) is 12.9. The van der Waals surface area contributed by atoms with Crippen molar-refractivity contribution < 1.29 is 9.18 Å². The number of rotatable bonds is 3. The summed E-state index contributed by atoms with van der Waals surface area (Å²) in [5.74, 6) is 0.293. The molecule has 0 unspecified atom stereocenters. The molecule has 3 rings (SSSR count). The number of halogens is 1. The molecular weight excluding hydrogens is 299 g/mol. The molecule has 0 saturated heterocycles. The predicted molar refractivity (Wildman–Crippen MR) is 84.4 cm³/mol. The van der Waals surface area contributed by atoms with Crippen LogP contribution in [0.2, 0.25) is 0 Å². The van der Waals surface area contributed by atoms with Gasteiger partial charge in [0.15, 0.2) is 5.82 Å². The minimum atomic E-state index is -0.459. The number of aromatic nitrogens is 3. The van der Waals surface area contributed by atoms with Gasteiger partial charge in [-0.3, -0.25) is 9.78 Å². The van der Waals surface area contributed by atoms with E-state index < -0.39 is 11.5 Å². The van der Waals surface area contributed by atoms with E-state index in [1.807, 2.05) is 0 Å². The molecule has 1 aliphatic carbocycles. The summed E-state index contributed by atoms with van der Waals surface area (Å²) in [6.45, 7) is 2.19. The molecular formula is C16H19FN4O2. The van der Waals surface area contributed by atoms with E-state index in [9.17, 15) is 14.0 Å². The van der Waals surface area contributed by atoms with Gasteiger partial charge in [-0.25, -0.2) is 14.3 Å². The molecule has 122 valence electrons. The number of aromatic amines is 2. The minimum Gasteiger partial charge on any atom is -0.325 e. The van der Waals surface area contributed by atoms with E-state index in [-0.39, 0.29) is 17.6 Å². The summed E-state index contributed by atoms with van der Waals surface area (Å²) in [5, 5.41) is 8.89. The molecule has 0 aliphatic heterocycles. The fourth-order valence-corrected chi connectivity index (χ4v) is 2.98. The minimum absolute atomic E-state index is 0.0550. The van der Waals surface area contributed by atoms with E-state index >= 15 is 0 Å². The zero-order chi connectivity index (χ0) is 16.4. The molecule has 1 aromatic carbocycles. The lowest BCUT2D eigenvalue weighted by Gasteiger charge is -2.25. The van der Waals surface area contributed by atoms with Crippen molar-refractivity contribution in [2.45, 2.75) is 32.6 Å². The smallest absolute Gasteiger partial charge is 0.325 e. The molecule has 1 heterocycles. The van der Waals surface area contributed by atoms with E-state index in [4.69, 9.17) is 0 Å². The summed E-state index contributed by atoms with van der Waals surface area (Å²) in [4.78, 5) is 26.2. The monoisotopic (exact) mass is 318 g/mol. The van der Waals surface area contributed by atoms with Gasteiger partial charge in [-0.1, -0.05) is 6.92 Å². The van der Waals surface area contributed by atoms with Gasteiger partial charge in [-0.05, 0) is 49.8 Å². The maximum Gasteiger partial charge on any atom is 0.340 e. The maximum absolute atomic E-state index is 13.6. The molecule has 6 nitrogen and oxygen atoms in total. The lowest BCUT2D eigenvalue weighted by Crippen LogP contribution is -2.26. The molecule has 1 aliphatic rings. The largest absolute Gasteiger partial charge is 0.340 e. The number of amides is 1. The Morgan fingerprint density at radius 2 is 2.04 bits per heavy atom. The highest BCUT2D eigenvalue weighted by Gasteiger charge is 2.25. The summed E-state index contributed by atoms with van der Waals surface area (Å²) in [6.07, 6.45) is 3.75. The summed E-state index contributed by atoms with van der Waals surface area (Å²) in [5.41, 5.74) is 0.335. The van der Waals surface area contributed by atoms with Crippen LogP contribution >= 0.6 is 0 Å². The summed E-state index contributed by atoms with van der Waals surface area (Å²) in [7, 11) is 0. The van der Waals surface area contributed by atoms with E-state index in [1.54, 1.807) is 0 Å². The van der Waals surface area contributed by atoms with Crippen molar-refractivity contribution >= 4 is 11.6 Å². The first-order valence-electron chi connectivity index (χ1n) is 7.78. The first-order chi connectivity index (χ1) is 11.0. The molecule has 0 radical (unpaired) electrons. The van der Waals surface area contributed by atoms with Gasteiger partial charge in [0.1, 0.15) is 5.82 Å². The topological polar surface area (TPSA) is 90.6 Å². The van der Waals surface area contributed by atoms with Crippen molar-refractivity contribution in [2.24, 2.45) is 11.8 Å². The van der Waals surface area contributed by atoms with Crippen LogP contribution in [0, 0.1) is 17.7 Å². The van der Waals surface area contributed by atoms with Crippen molar-refractivity contribution in [3.05, 3.63) is 34.5 Å². The molecule has 0 atom stereocenters. The second-order valence-corrected chi connectivity index (χ2v) is 6.16. The Labute approximate surface area is 132 Å². The van der Waals surface area contributed by atoms with E-state index in [2.05, 4.69) is 27.4 Å². The average Bonchev–Trinajstić information content (AvgIpc) is 2.94. The van der Waals surface area contributed by atoms with Crippen LogP contribution in [0.15, 0.2) is 23.0 Å². The Hall–Kier alpha value is -2.44. The second-order valence-electron chi connectivity index (χ2n) is 6.16. The van der Waals surface area contributed by atoms with Crippen LogP contribution in [-0.4, -0.2) is 21.1 Å². The third-order valence-electron chi connectivity index (χ3n) is 4.38. The summed E-state index contributed by atoms with van der Waals surface area (Å²) >= 11 is 0. The van der Waals surface area contributed by atoms with Crippen molar-refractivity contribution in [1.29, 1.82) is 0 Å². The standard InChI is InChI=1S/C16H19FN4O2/c1-9-2-4-10(5-3-9)15(22)18-13-8-11(17)6-7-12(13)14-19-16(23)21-20-14/h6-10H,2-5H2,1H3,(H,18,22)(H2,19,20,21,23). The molecule has 1 saturated carbocycles. The Morgan fingerprint density at radius 1 is 1.30 bits per heavy atom. The first-order valence-corrected chi connectivity index (χ1v) is 7.78. The predicted octanol–water partition coefficient (Wildman–Crippen LogP) is 2.67. The molecule has 0 spiro atoms. The van der Waals surface area contributed by atoms with Crippen LogP contribution in [0.25, 0.3) is 11.4 Å². The number of benzene rings is 1. The summed E-state index contributed by atoms with van der Waals surface area (Å²) in [6, 6.07) is 3.99. The van der Waals surface area contributed by atoms with Crippen LogP contribution < -0.4 is 11.0 Å². The number of carbonyl (C=O) groups is 1. The fourth-order valence-electron chi connectivity index (χ4n) is 2.98. The molecule has 1 fully saturated rings. The number of anilines is 1. The molecule has 0 bridgehead atoms. The van der Waals surface area contributed by atoms with Crippen LogP contribution in [0.4, 0.5) is 10.1 Å². The van der Waals surface area contributed by atoms with Gasteiger partial charge in [0.05, 0.1) is 5.69 Å². The number of hydrogen-bond donors (Lipinski definition) is 3. The maximum atomic E-state index is 13.6. The average molecular weight is 318 g/mol. The Morgan fingerprint density at radius 3 is 2.70 bits per heavy atom. The lowest BCUT2D eigenvalue weighted by molar-refractivity contribution is -0.121. The molecule has 1 aromatic heterocycles. The molecule has 23 heavy (non-hydrogen) atoms. The van der Waals surface area contributed by atoms with Gasteiger partial charge < -0.3 is 5.32 Å². The van der Waals surface area contributed by atoms with Gasteiger partial charge in [-0.15, -0.1) is 0 Å². The first kappa shape index (κ1) is 15.5. The molecule has 2 aromatic rings. The van der Waals surface area contributed by atoms with E-state index in [0.29, 0.717) is 17.2 Å². The Bertz CT molecular complexity index is 759. The highest BCUT2D eigenvalue weighted by atomic mass is 19.1. The molecule has 7 heteroatoms. The SMILES string of the molecule is CC1CCC(C(=O)Nc2cc(F)ccc2-c2n[nH]c(=O)[nH]2)CC1. The van der Waals surface area contributed by atoms with Crippen LogP contribution in [-0.2, 0) is 4.79 Å². The number of H-pyrrole nitrogens is 2. The third-order valence-corrected chi connectivity index (χ3v) is 4.38. The molecule has 3 N–H and O–H groups in total. The number of nitrogens with zero attached hydrogens (tertiary/aromatic N) is 1. The van der Waals surface area contributed by atoms with Crippen LogP contribution in [0.5, 0.6) is 0 Å². The van der Waals surface area contributed by atoms with Gasteiger partial charge in [0, 0.05) is 11.5 Å². The quantitative estimate of drug-likeness (QED) is 0.812. The molecule has 1 amide bonds. The van der Waals surface area contributed by atoms with Crippen molar-refractivity contribution in [3.8, 4) is 11.4 Å². The van der Waals surface area contributed by atoms with Crippen LogP contribution in [0.3, 0.4) is 0 Å². The second kappa shape index (κ2) is 6.36. The van der Waals surface area contributed by atoms with Gasteiger partial charge in [-0.2, -0.15) is 5.10 Å². The van der Waals surface area contributed by atoms with Crippen molar-refractivity contribution in [3.63, 3.8) is 0 Å². The number of nitrogens with one attached hydrogen (secondary N) is 3. The number of carbonyl (C=O) groups excluding carboxylic acids is 1. The Balaban J connectivity index is 1.83.